The number of Topliss-reactive ketones (excluding diaryl/α,β-unsaturated/α-hetero) is 2. The van der Waals surface area contributed by atoms with E-state index < -0.39 is 71.5 Å². The molecule has 2 fully saturated rings. The predicted molar refractivity (Wildman–Crippen MR) is 126 cm³/mol. The monoisotopic (exact) mass is 508 g/mol. The lowest BCUT2D eigenvalue weighted by molar-refractivity contribution is -0.141. The number of nitrogens with one attached hydrogen (secondary N) is 3. The Hall–Kier alpha value is -4.28. The zero-order valence-electron chi connectivity index (χ0n) is 19.9. The van der Waals surface area contributed by atoms with Crippen molar-refractivity contribution < 1.29 is 33.2 Å². The molecule has 4 rings (SSSR count). The molecule has 4 amide bonds. The lowest BCUT2D eigenvalue weighted by Crippen LogP contribution is -2.54. The van der Waals surface area contributed by atoms with E-state index in [0.717, 1.165) is 6.07 Å². The second-order valence-corrected chi connectivity index (χ2v) is 9.28. The van der Waals surface area contributed by atoms with Gasteiger partial charge in [-0.05, 0) is 30.0 Å². The fourth-order valence-corrected chi connectivity index (χ4v) is 4.82. The first-order chi connectivity index (χ1) is 17.6. The van der Waals surface area contributed by atoms with Crippen LogP contribution in [0.1, 0.15) is 48.3 Å². The Balaban J connectivity index is 1.43. The summed E-state index contributed by atoms with van der Waals surface area (Å²) in [7, 11) is 0. The van der Waals surface area contributed by atoms with Gasteiger partial charge in [0.15, 0.2) is 11.6 Å². The number of hydrogen-bond donors (Lipinski definition) is 3. The number of carbonyl (C=O) groups is 6. The largest absolute Gasteiger partial charge is 0.348 e. The molecule has 0 bridgehead atoms. The molecular weight excluding hydrogens is 483 g/mol. The van der Waals surface area contributed by atoms with E-state index in [9.17, 15) is 33.2 Å². The fourth-order valence-electron chi connectivity index (χ4n) is 4.82. The van der Waals surface area contributed by atoms with Crippen molar-refractivity contribution in [2.24, 2.45) is 17.8 Å². The number of imide groups is 1. The Bertz CT molecular complexity index is 1270. The van der Waals surface area contributed by atoms with Gasteiger partial charge in [0, 0.05) is 0 Å². The average molecular weight is 509 g/mol. The summed E-state index contributed by atoms with van der Waals surface area (Å²) in [6, 6.07) is 10.5. The molecule has 2 aromatic rings. The van der Waals surface area contributed by atoms with Gasteiger partial charge in [0.2, 0.25) is 29.6 Å². The van der Waals surface area contributed by atoms with Gasteiger partial charge in [0.25, 0.3) is 0 Å². The van der Waals surface area contributed by atoms with Gasteiger partial charge in [0.1, 0.15) is 11.6 Å². The summed E-state index contributed by atoms with van der Waals surface area (Å²) >= 11 is 0. The number of halogens is 1. The van der Waals surface area contributed by atoms with Crippen molar-refractivity contribution >= 4 is 35.2 Å². The molecule has 3 N–H and O–H groups in total. The molecule has 0 radical (unpaired) electrons. The third-order valence-electron chi connectivity index (χ3n) is 6.64. The first-order valence-electron chi connectivity index (χ1n) is 11.8. The summed E-state index contributed by atoms with van der Waals surface area (Å²) in [4.78, 5) is 78.5. The number of fused-ring (bicyclic) bond motifs is 1. The van der Waals surface area contributed by atoms with Crippen molar-refractivity contribution in [1.82, 2.24) is 20.9 Å². The Morgan fingerprint density at radius 1 is 1.03 bits per heavy atom. The summed E-state index contributed by atoms with van der Waals surface area (Å²) in [6.07, 6.45) is -0.586. The first kappa shape index (κ1) is 25.8. The maximum Gasteiger partial charge on any atom is 0.238 e. The first-order valence-corrected chi connectivity index (χ1v) is 11.8. The molecule has 11 heteroatoms. The van der Waals surface area contributed by atoms with Gasteiger partial charge in [-0.1, -0.05) is 43.3 Å². The molecular formula is C26H25FN4O6. The third-order valence-corrected chi connectivity index (χ3v) is 6.64. The number of aromatic nitrogens is 1. The normalized spacial score (nSPS) is 23.6. The topological polar surface area (TPSA) is 151 Å². The molecule has 2 aliphatic rings. The lowest BCUT2D eigenvalue weighted by atomic mass is 9.72. The second-order valence-electron chi connectivity index (χ2n) is 9.28. The van der Waals surface area contributed by atoms with Crippen molar-refractivity contribution in [3.8, 4) is 0 Å². The molecule has 192 valence electrons. The molecule has 1 saturated carbocycles. The van der Waals surface area contributed by atoms with Crippen LogP contribution in [-0.2, 0) is 24.0 Å². The van der Waals surface area contributed by atoms with Crippen LogP contribution < -0.4 is 16.0 Å². The van der Waals surface area contributed by atoms with Crippen LogP contribution in [0.4, 0.5) is 4.39 Å². The van der Waals surface area contributed by atoms with Crippen LogP contribution in [0.3, 0.4) is 0 Å². The summed E-state index contributed by atoms with van der Waals surface area (Å²) in [5.74, 6) is -6.66. The smallest absolute Gasteiger partial charge is 0.238 e. The quantitative estimate of drug-likeness (QED) is 0.208. The highest BCUT2D eigenvalue weighted by Gasteiger charge is 2.53. The number of carbonyl (C=O) groups excluding carboxylic acids is 6. The highest BCUT2D eigenvalue weighted by molar-refractivity contribution is 6.17. The van der Waals surface area contributed by atoms with Crippen molar-refractivity contribution in [2.45, 2.75) is 38.3 Å². The molecule has 5 atom stereocenters. The van der Waals surface area contributed by atoms with Crippen LogP contribution in [0, 0.1) is 23.7 Å². The SMILES string of the molecule is CC1C[C@@H]2C(=O)NC(=O)[C@H]2C(=O)[C@H]1NC(=O)C[C@H](NC(=O)CC(=O)c1cccc(F)n1)c1ccccc1. The maximum atomic E-state index is 13.3. The summed E-state index contributed by atoms with van der Waals surface area (Å²) in [5, 5.41) is 7.49. The lowest BCUT2D eigenvalue weighted by Gasteiger charge is -2.33. The molecule has 1 unspecified atom stereocenters. The standard InChI is InChI=1S/C26H25FN4O6/c1-13-10-15-22(26(37)31-25(15)36)24(35)23(13)30-20(33)11-17(14-6-3-2-4-7-14)29-21(34)12-18(32)16-8-5-9-19(27)28-16/h2-9,13,15,17,22-23H,10-12H2,1H3,(H,29,34)(H,30,33)(H,31,36,37)/t13?,15-,17-,22+,23-/m0/s1. The molecule has 37 heavy (non-hydrogen) atoms. The van der Waals surface area contributed by atoms with Crippen LogP contribution >= 0.6 is 0 Å². The highest BCUT2D eigenvalue weighted by atomic mass is 19.1. The number of nitrogens with zero attached hydrogens (tertiary/aromatic N) is 1. The minimum Gasteiger partial charge on any atom is -0.348 e. The molecule has 0 spiro atoms. The summed E-state index contributed by atoms with van der Waals surface area (Å²) < 4.78 is 13.3. The minimum atomic E-state index is -1.12. The summed E-state index contributed by atoms with van der Waals surface area (Å²) in [5.41, 5.74) is 0.396. The van der Waals surface area contributed by atoms with E-state index in [1.54, 1.807) is 37.3 Å². The van der Waals surface area contributed by atoms with Crippen molar-refractivity contribution in [1.29, 1.82) is 0 Å². The van der Waals surface area contributed by atoms with Gasteiger partial charge in [-0.2, -0.15) is 4.39 Å². The van der Waals surface area contributed by atoms with E-state index in [-0.39, 0.29) is 24.5 Å². The highest BCUT2D eigenvalue weighted by Crippen LogP contribution is 2.35. The third kappa shape index (κ3) is 5.76. The predicted octanol–water partition coefficient (Wildman–Crippen LogP) is 1.02. The Morgan fingerprint density at radius 3 is 2.46 bits per heavy atom. The Kier molecular flexibility index (Phi) is 7.51. The van der Waals surface area contributed by atoms with Gasteiger partial charge in [-0.3, -0.25) is 34.1 Å². The zero-order valence-corrected chi connectivity index (χ0v) is 19.9. The van der Waals surface area contributed by atoms with Crippen LogP contribution in [0.15, 0.2) is 48.5 Å². The molecule has 1 aromatic carbocycles. The van der Waals surface area contributed by atoms with E-state index in [4.69, 9.17) is 0 Å². The number of pyridine rings is 1. The zero-order chi connectivity index (χ0) is 26.7. The molecule has 1 aromatic heterocycles. The Labute approximate surface area is 211 Å². The van der Waals surface area contributed by atoms with Crippen molar-refractivity contribution in [3.05, 3.63) is 65.7 Å². The van der Waals surface area contributed by atoms with Crippen molar-refractivity contribution in [3.63, 3.8) is 0 Å². The average Bonchev–Trinajstić information content (AvgIpc) is 3.14. The van der Waals surface area contributed by atoms with Crippen LogP contribution in [0.2, 0.25) is 0 Å². The number of rotatable bonds is 8. The van der Waals surface area contributed by atoms with Gasteiger partial charge in [-0.25, -0.2) is 4.98 Å². The van der Waals surface area contributed by atoms with Crippen LogP contribution in [0.25, 0.3) is 0 Å². The maximum absolute atomic E-state index is 13.3. The van der Waals surface area contributed by atoms with E-state index >= 15 is 0 Å². The number of benzene rings is 1. The molecule has 10 nitrogen and oxygen atoms in total. The summed E-state index contributed by atoms with van der Waals surface area (Å²) in [6.45, 7) is 1.72. The van der Waals surface area contributed by atoms with E-state index in [1.807, 2.05) is 0 Å². The minimum absolute atomic E-state index is 0.193. The van der Waals surface area contributed by atoms with E-state index in [1.165, 1.54) is 12.1 Å². The molecule has 1 saturated heterocycles. The number of hydrogen-bond acceptors (Lipinski definition) is 7. The van der Waals surface area contributed by atoms with Gasteiger partial charge in [0.05, 0.1) is 30.8 Å². The number of ketones is 2. The number of amides is 4. The van der Waals surface area contributed by atoms with Gasteiger partial charge in [-0.15, -0.1) is 0 Å². The van der Waals surface area contributed by atoms with E-state index in [0.29, 0.717) is 5.56 Å². The molecule has 1 aliphatic carbocycles. The van der Waals surface area contributed by atoms with Gasteiger partial charge >= 0.3 is 0 Å². The van der Waals surface area contributed by atoms with Gasteiger partial charge < -0.3 is 10.6 Å². The fraction of sp³-hybridized carbons (Fsp3) is 0.346. The molecule has 2 heterocycles. The Morgan fingerprint density at radius 2 is 1.76 bits per heavy atom. The van der Waals surface area contributed by atoms with Crippen LogP contribution in [-0.4, -0.2) is 46.2 Å². The van der Waals surface area contributed by atoms with Crippen LogP contribution in [0.5, 0.6) is 0 Å². The van der Waals surface area contributed by atoms with E-state index in [2.05, 4.69) is 20.9 Å². The molecule has 1 aliphatic heterocycles. The van der Waals surface area contributed by atoms with Crippen molar-refractivity contribution in [2.75, 3.05) is 0 Å². The second kappa shape index (κ2) is 10.8.